The summed E-state index contributed by atoms with van der Waals surface area (Å²) in [6.45, 7) is 2.03. The Labute approximate surface area is 105 Å². The zero-order chi connectivity index (χ0) is 13.5. The van der Waals surface area contributed by atoms with Crippen LogP contribution < -0.4 is 10.1 Å². The van der Waals surface area contributed by atoms with Crippen molar-refractivity contribution in [1.29, 1.82) is 5.26 Å². The van der Waals surface area contributed by atoms with Crippen molar-refractivity contribution >= 4 is 11.7 Å². The van der Waals surface area contributed by atoms with Crippen molar-refractivity contribution in [3.63, 3.8) is 0 Å². The molecule has 1 aromatic rings. The van der Waals surface area contributed by atoms with Crippen LogP contribution in [0.15, 0.2) is 29.8 Å². The Morgan fingerprint density at radius 3 is 2.89 bits per heavy atom. The van der Waals surface area contributed by atoms with Crippen molar-refractivity contribution in [3.8, 4) is 11.8 Å². The van der Waals surface area contributed by atoms with Crippen molar-refractivity contribution in [2.45, 2.75) is 6.92 Å². The van der Waals surface area contributed by atoms with Crippen LogP contribution >= 0.6 is 0 Å². The molecular weight excluding hydrogens is 232 g/mol. The fourth-order valence-corrected chi connectivity index (χ4v) is 1.47. The lowest BCUT2D eigenvalue weighted by Crippen LogP contribution is -2.07. The smallest absolute Gasteiger partial charge is 0.328 e. The van der Waals surface area contributed by atoms with Gasteiger partial charge in [0.1, 0.15) is 11.8 Å². The van der Waals surface area contributed by atoms with Crippen LogP contribution in [0.25, 0.3) is 0 Å². The third kappa shape index (κ3) is 3.52. The second-order valence-electron chi connectivity index (χ2n) is 3.68. The van der Waals surface area contributed by atoms with Gasteiger partial charge >= 0.3 is 5.97 Å². The van der Waals surface area contributed by atoms with Gasteiger partial charge in [0, 0.05) is 12.6 Å². The van der Waals surface area contributed by atoms with Gasteiger partial charge < -0.3 is 15.2 Å². The van der Waals surface area contributed by atoms with E-state index in [4.69, 9.17) is 15.1 Å². The fraction of sp³-hybridized carbons (Fsp3) is 0.231. The standard InChI is InChI=1S/C13H14N2O3/c1-9(6-12(16)17)8-15-13-10(7-14)4-3-5-11(13)18-2/h3-6,15H,8H2,1-2H3,(H,16,17)/b9-6+. The molecule has 0 radical (unpaired) electrons. The molecule has 0 atom stereocenters. The summed E-state index contributed by atoms with van der Waals surface area (Å²) in [5.74, 6) is -0.438. The number of nitrogens with zero attached hydrogens (tertiary/aromatic N) is 1. The zero-order valence-electron chi connectivity index (χ0n) is 10.2. The van der Waals surface area contributed by atoms with E-state index in [2.05, 4.69) is 11.4 Å². The van der Waals surface area contributed by atoms with Crippen molar-refractivity contribution in [3.05, 3.63) is 35.4 Å². The first-order chi connectivity index (χ1) is 8.58. The number of nitrogens with one attached hydrogen (secondary N) is 1. The zero-order valence-corrected chi connectivity index (χ0v) is 10.2. The first-order valence-corrected chi connectivity index (χ1v) is 5.29. The monoisotopic (exact) mass is 246 g/mol. The van der Waals surface area contributed by atoms with Crippen molar-refractivity contribution in [1.82, 2.24) is 0 Å². The Morgan fingerprint density at radius 2 is 2.33 bits per heavy atom. The largest absolute Gasteiger partial charge is 0.495 e. The van der Waals surface area contributed by atoms with E-state index in [0.29, 0.717) is 29.1 Å². The molecule has 0 fully saturated rings. The summed E-state index contributed by atoms with van der Waals surface area (Å²) in [5.41, 5.74) is 1.68. The number of hydrogen-bond donors (Lipinski definition) is 2. The van der Waals surface area contributed by atoms with E-state index in [0.717, 1.165) is 6.08 Å². The Morgan fingerprint density at radius 1 is 1.61 bits per heavy atom. The van der Waals surface area contributed by atoms with Crippen LogP contribution in [0.3, 0.4) is 0 Å². The first kappa shape index (κ1) is 13.6. The van der Waals surface area contributed by atoms with Crippen LogP contribution in [0.1, 0.15) is 12.5 Å². The molecule has 0 spiro atoms. The Hall–Kier alpha value is -2.48. The quantitative estimate of drug-likeness (QED) is 0.776. The molecule has 0 saturated carbocycles. The average Bonchev–Trinajstić information content (AvgIpc) is 2.34. The number of ether oxygens (including phenoxy) is 1. The Balaban J connectivity index is 2.91. The van der Waals surface area contributed by atoms with Crippen LogP contribution in [-0.2, 0) is 4.79 Å². The Bertz CT molecular complexity index is 515. The molecule has 0 heterocycles. The van der Waals surface area contributed by atoms with Crippen LogP contribution in [0.4, 0.5) is 5.69 Å². The first-order valence-electron chi connectivity index (χ1n) is 5.29. The molecule has 5 nitrogen and oxygen atoms in total. The summed E-state index contributed by atoms with van der Waals surface area (Å²) in [7, 11) is 1.52. The molecular formula is C13H14N2O3. The number of nitriles is 1. The van der Waals surface area contributed by atoms with Gasteiger partial charge in [-0.3, -0.25) is 0 Å². The van der Waals surface area contributed by atoms with E-state index in [9.17, 15) is 4.79 Å². The van der Waals surface area contributed by atoms with E-state index in [1.165, 1.54) is 7.11 Å². The molecule has 0 amide bonds. The number of methoxy groups -OCH3 is 1. The van der Waals surface area contributed by atoms with Gasteiger partial charge in [-0.2, -0.15) is 5.26 Å². The summed E-state index contributed by atoms with van der Waals surface area (Å²) < 4.78 is 5.15. The molecule has 0 aliphatic heterocycles. The third-order valence-corrected chi connectivity index (χ3v) is 2.28. The highest BCUT2D eigenvalue weighted by Gasteiger charge is 2.08. The molecule has 2 N–H and O–H groups in total. The lowest BCUT2D eigenvalue weighted by atomic mass is 10.1. The molecule has 1 aromatic carbocycles. The molecule has 0 aromatic heterocycles. The normalized spacial score (nSPS) is 10.6. The summed E-state index contributed by atoms with van der Waals surface area (Å²) in [4.78, 5) is 10.5. The van der Waals surface area contributed by atoms with Gasteiger partial charge in [-0.05, 0) is 24.6 Å². The topological polar surface area (TPSA) is 82.3 Å². The third-order valence-electron chi connectivity index (χ3n) is 2.28. The number of benzene rings is 1. The Kier molecular flexibility index (Phi) is 4.76. The van der Waals surface area contributed by atoms with Crippen LogP contribution in [-0.4, -0.2) is 24.7 Å². The van der Waals surface area contributed by atoms with E-state index in [1.807, 2.05) is 0 Å². The predicted octanol–water partition coefficient (Wildman–Crippen LogP) is 2.01. The summed E-state index contributed by atoms with van der Waals surface area (Å²) in [6, 6.07) is 7.18. The fourth-order valence-electron chi connectivity index (χ4n) is 1.47. The summed E-state index contributed by atoms with van der Waals surface area (Å²) in [6.07, 6.45) is 1.12. The van der Waals surface area contributed by atoms with E-state index >= 15 is 0 Å². The van der Waals surface area contributed by atoms with Gasteiger partial charge in [0.15, 0.2) is 0 Å². The molecule has 18 heavy (non-hydrogen) atoms. The maximum Gasteiger partial charge on any atom is 0.328 e. The number of carboxylic acid groups (broad SMARTS) is 1. The van der Waals surface area contributed by atoms with Gasteiger partial charge in [-0.15, -0.1) is 0 Å². The number of aliphatic carboxylic acids is 1. The second kappa shape index (κ2) is 6.30. The predicted molar refractivity (Wildman–Crippen MR) is 67.6 cm³/mol. The molecule has 94 valence electrons. The molecule has 0 aliphatic rings. The number of carboxylic acids is 1. The van der Waals surface area contributed by atoms with Gasteiger partial charge in [0.2, 0.25) is 0 Å². The highest BCUT2D eigenvalue weighted by Crippen LogP contribution is 2.27. The van der Waals surface area contributed by atoms with Crippen molar-refractivity contribution in [2.24, 2.45) is 0 Å². The van der Waals surface area contributed by atoms with E-state index in [1.54, 1.807) is 25.1 Å². The van der Waals surface area contributed by atoms with Gasteiger partial charge in [-0.25, -0.2) is 4.79 Å². The van der Waals surface area contributed by atoms with E-state index in [-0.39, 0.29) is 0 Å². The van der Waals surface area contributed by atoms with Crippen molar-refractivity contribution in [2.75, 3.05) is 19.0 Å². The SMILES string of the molecule is COc1cccc(C#N)c1NC/C(C)=C/C(=O)O. The van der Waals surface area contributed by atoms with Crippen LogP contribution in [0.2, 0.25) is 0 Å². The maximum atomic E-state index is 10.5. The van der Waals surface area contributed by atoms with Crippen LogP contribution in [0, 0.1) is 11.3 Å². The minimum absolute atomic E-state index is 0.335. The minimum Gasteiger partial charge on any atom is -0.495 e. The molecule has 0 saturated heterocycles. The van der Waals surface area contributed by atoms with Crippen molar-refractivity contribution < 1.29 is 14.6 Å². The molecule has 1 rings (SSSR count). The van der Waals surface area contributed by atoms with Gasteiger partial charge in [0.05, 0.1) is 18.4 Å². The van der Waals surface area contributed by atoms with Crippen LogP contribution in [0.5, 0.6) is 5.75 Å². The number of carbonyl (C=O) groups is 1. The second-order valence-corrected chi connectivity index (χ2v) is 3.68. The molecule has 5 heteroatoms. The minimum atomic E-state index is -0.991. The maximum absolute atomic E-state index is 10.5. The number of rotatable bonds is 5. The molecule has 0 bridgehead atoms. The summed E-state index contributed by atoms with van der Waals surface area (Å²) >= 11 is 0. The lowest BCUT2D eigenvalue weighted by molar-refractivity contribution is -0.131. The highest BCUT2D eigenvalue weighted by molar-refractivity contribution is 5.80. The number of anilines is 1. The summed E-state index contributed by atoms with van der Waals surface area (Å²) in [5, 5.41) is 20.6. The molecule has 0 aliphatic carbocycles. The highest BCUT2D eigenvalue weighted by atomic mass is 16.5. The molecule has 0 unspecified atom stereocenters. The average molecular weight is 246 g/mol. The van der Waals surface area contributed by atoms with E-state index < -0.39 is 5.97 Å². The number of para-hydroxylation sites is 1. The lowest BCUT2D eigenvalue weighted by Gasteiger charge is -2.12. The van der Waals surface area contributed by atoms with Gasteiger partial charge in [-0.1, -0.05) is 6.07 Å². The number of hydrogen-bond acceptors (Lipinski definition) is 4. The van der Waals surface area contributed by atoms with Gasteiger partial charge in [0.25, 0.3) is 0 Å².